The van der Waals surface area contributed by atoms with Crippen LogP contribution in [0.1, 0.15) is 37.9 Å². The Labute approximate surface area is 127 Å². The number of rotatable bonds is 4. The van der Waals surface area contributed by atoms with E-state index >= 15 is 0 Å². The fourth-order valence-corrected chi connectivity index (χ4v) is 3.25. The van der Waals surface area contributed by atoms with E-state index in [4.69, 9.17) is 4.98 Å². The molecule has 2 aromatic rings. The molecule has 110 valence electrons. The quantitative estimate of drug-likeness (QED) is 0.923. The second kappa shape index (κ2) is 5.86. The van der Waals surface area contributed by atoms with E-state index in [0.29, 0.717) is 12.1 Å². The minimum Gasteiger partial charge on any atom is -0.323 e. The van der Waals surface area contributed by atoms with Crippen LogP contribution in [0.2, 0.25) is 0 Å². The van der Waals surface area contributed by atoms with Crippen molar-refractivity contribution in [1.29, 1.82) is 0 Å². The molecule has 21 heavy (non-hydrogen) atoms. The minimum absolute atomic E-state index is 0.304. The van der Waals surface area contributed by atoms with Crippen LogP contribution in [-0.2, 0) is 6.42 Å². The van der Waals surface area contributed by atoms with Crippen molar-refractivity contribution in [3.63, 3.8) is 0 Å². The summed E-state index contributed by atoms with van der Waals surface area (Å²) in [4.78, 5) is 7.09. The standard InChI is InChI=1S/C18H23N3/c1-4-19-14(3)16-9-7-11-20-18(16)21-13(2)12-15-8-5-6-10-17(15)21/h5-11,13-14,19H,4,12H2,1-3H3. The largest absolute Gasteiger partial charge is 0.323 e. The van der Waals surface area contributed by atoms with Gasteiger partial charge in [0.15, 0.2) is 0 Å². The average molecular weight is 281 g/mol. The summed E-state index contributed by atoms with van der Waals surface area (Å²) < 4.78 is 0. The van der Waals surface area contributed by atoms with Crippen LogP contribution in [0, 0.1) is 0 Å². The maximum absolute atomic E-state index is 4.70. The van der Waals surface area contributed by atoms with Crippen molar-refractivity contribution in [3.05, 3.63) is 53.7 Å². The van der Waals surface area contributed by atoms with Crippen LogP contribution < -0.4 is 10.2 Å². The van der Waals surface area contributed by atoms with Crippen molar-refractivity contribution in [2.75, 3.05) is 11.4 Å². The average Bonchev–Trinajstić information content (AvgIpc) is 2.83. The summed E-state index contributed by atoms with van der Waals surface area (Å²) in [6.07, 6.45) is 2.98. The highest BCUT2D eigenvalue weighted by Gasteiger charge is 2.29. The van der Waals surface area contributed by atoms with E-state index in [1.165, 1.54) is 16.8 Å². The van der Waals surface area contributed by atoms with Gasteiger partial charge in [0.1, 0.15) is 5.82 Å². The van der Waals surface area contributed by atoms with Crippen molar-refractivity contribution in [2.24, 2.45) is 0 Å². The minimum atomic E-state index is 0.304. The molecule has 0 saturated carbocycles. The van der Waals surface area contributed by atoms with Crippen LogP contribution in [-0.4, -0.2) is 17.6 Å². The molecular formula is C18H23N3. The van der Waals surface area contributed by atoms with E-state index in [0.717, 1.165) is 18.8 Å². The van der Waals surface area contributed by atoms with Crippen molar-refractivity contribution < 1.29 is 0 Å². The molecule has 2 atom stereocenters. The molecular weight excluding hydrogens is 258 g/mol. The lowest BCUT2D eigenvalue weighted by Crippen LogP contribution is -2.28. The third-order valence-electron chi connectivity index (χ3n) is 4.23. The third-order valence-corrected chi connectivity index (χ3v) is 4.23. The summed E-state index contributed by atoms with van der Waals surface area (Å²) in [5, 5.41) is 3.50. The van der Waals surface area contributed by atoms with Gasteiger partial charge < -0.3 is 10.2 Å². The van der Waals surface area contributed by atoms with Crippen LogP contribution in [0.5, 0.6) is 0 Å². The molecule has 0 aliphatic carbocycles. The Kier molecular flexibility index (Phi) is 3.93. The molecule has 1 aromatic carbocycles. The molecule has 2 heterocycles. The Morgan fingerprint density at radius 1 is 1.29 bits per heavy atom. The highest BCUT2D eigenvalue weighted by molar-refractivity contribution is 5.70. The highest BCUT2D eigenvalue weighted by Crippen LogP contribution is 2.39. The molecule has 1 N–H and O–H groups in total. The fraction of sp³-hybridized carbons (Fsp3) is 0.389. The first-order chi connectivity index (χ1) is 10.2. The van der Waals surface area contributed by atoms with Gasteiger partial charge in [0.2, 0.25) is 0 Å². The number of pyridine rings is 1. The van der Waals surface area contributed by atoms with Crippen molar-refractivity contribution >= 4 is 11.5 Å². The Hall–Kier alpha value is -1.87. The van der Waals surface area contributed by atoms with E-state index in [2.05, 4.69) is 61.3 Å². The van der Waals surface area contributed by atoms with Crippen molar-refractivity contribution in [1.82, 2.24) is 10.3 Å². The molecule has 0 radical (unpaired) electrons. The zero-order chi connectivity index (χ0) is 14.8. The molecule has 3 rings (SSSR count). The van der Waals surface area contributed by atoms with Gasteiger partial charge in [-0.25, -0.2) is 4.98 Å². The number of nitrogens with zero attached hydrogens (tertiary/aromatic N) is 2. The first-order valence-corrected chi connectivity index (χ1v) is 7.77. The predicted octanol–water partition coefficient (Wildman–Crippen LogP) is 3.83. The SMILES string of the molecule is CCNC(C)c1cccnc1N1c2ccccc2CC1C. The van der Waals surface area contributed by atoms with Crippen molar-refractivity contribution in [3.8, 4) is 0 Å². The van der Waals surface area contributed by atoms with Crippen LogP contribution in [0.15, 0.2) is 42.6 Å². The Balaban J connectivity index is 2.05. The zero-order valence-corrected chi connectivity index (χ0v) is 13.0. The summed E-state index contributed by atoms with van der Waals surface area (Å²) in [5.74, 6) is 1.09. The number of benzene rings is 1. The normalized spacial score (nSPS) is 18.6. The fourth-order valence-electron chi connectivity index (χ4n) is 3.25. The van der Waals surface area contributed by atoms with Gasteiger partial charge in [-0.3, -0.25) is 0 Å². The third kappa shape index (κ3) is 2.54. The maximum atomic E-state index is 4.70. The van der Waals surface area contributed by atoms with Crippen LogP contribution in [0.4, 0.5) is 11.5 Å². The zero-order valence-electron chi connectivity index (χ0n) is 13.0. The number of fused-ring (bicyclic) bond motifs is 1. The lowest BCUT2D eigenvalue weighted by Gasteiger charge is -2.28. The van der Waals surface area contributed by atoms with Gasteiger partial charge in [-0.15, -0.1) is 0 Å². The van der Waals surface area contributed by atoms with E-state index in [1.54, 1.807) is 0 Å². The molecule has 0 bridgehead atoms. The molecule has 3 nitrogen and oxygen atoms in total. The maximum Gasteiger partial charge on any atom is 0.137 e. The number of hydrogen-bond acceptors (Lipinski definition) is 3. The number of aromatic nitrogens is 1. The molecule has 0 amide bonds. The highest BCUT2D eigenvalue weighted by atomic mass is 15.2. The summed E-state index contributed by atoms with van der Waals surface area (Å²) in [6.45, 7) is 7.58. The number of nitrogens with one attached hydrogen (secondary N) is 1. The van der Waals surface area contributed by atoms with Gasteiger partial charge in [0, 0.05) is 29.5 Å². The van der Waals surface area contributed by atoms with E-state index in [9.17, 15) is 0 Å². The van der Waals surface area contributed by atoms with Gasteiger partial charge in [-0.1, -0.05) is 31.2 Å². The number of para-hydroxylation sites is 1. The van der Waals surface area contributed by atoms with Gasteiger partial charge in [-0.2, -0.15) is 0 Å². The molecule has 1 aliphatic heterocycles. The number of anilines is 2. The van der Waals surface area contributed by atoms with E-state index in [1.807, 2.05) is 12.3 Å². The summed E-state index contributed by atoms with van der Waals surface area (Å²) >= 11 is 0. The number of hydrogen-bond donors (Lipinski definition) is 1. The van der Waals surface area contributed by atoms with Gasteiger partial charge in [0.25, 0.3) is 0 Å². The predicted molar refractivity (Wildman–Crippen MR) is 88.1 cm³/mol. The summed E-state index contributed by atoms with van der Waals surface area (Å²) in [6, 6.07) is 13.6. The molecule has 1 aliphatic rings. The monoisotopic (exact) mass is 281 g/mol. The lowest BCUT2D eigenvalue weighted by molar-refractivity contribution is 0.593. The van der Waals surface area contributed by atoms with Crippen molar-refractivity contribution in [2.45, 2.75) is 39.3 Å². The van der Waals surface area contributed by atoms with Crippen LogP contribution >= 0.6 is 0 Å². The first kappa shape index (κ1) is 14.1. The Morgan fingerprint density at radius 3 is 2.90 bits per heavy atom. The molecule has 1 aromatic heterocycles. The Morgan fingerprint density at radius 2 is 2.10 bits per heavy atom. The smallest absolute Gasteiger partial charge is 0.137 e. The van der Waals surface area contributed by atoms with Crippen LogP contribution in [0.25, 0.3) is 0 Å². The lowest BCUT2D eigenvalue weighted by atomic mass is 10.1. The van der Waals surface area contributed by atoms with E-state index < -0.39 is 0 Å². The van der Waals surface area contributed by atoms with Crippen LogP contribution in [0.3, 0.4) is 0 Å². The van der Waals surface area contributed by atoms with Gasteiger partial charge in [-0.05, 0) is 44.5 Å². The summed E-state index contributed by atoms with van der Waals surface area (Å²) in [7, 11) is 0. The molecule has 3 heteroatoms. The molecule has 0 fully saturated rings. The van der Waals surface area contributed by atoms with E-state index in [-0.39, 0.29) is 0 Å². The second-order valence-electron chi connectivity index (χ2n) is 5.75. The molecule has 0 spiro atoms. The molecule has 0 saturated heterocycles. The topological polar surface area (TPSA) is 28.2 Å². The van der Waals surface area contributed by atoms with Gasteiger partial charge in [0.05, 0.1) is 0 Å². The second-order valence-corrected chi connectivity index (χ2v) is 5.75. The molecule has 2 unspecified atom stereocenters. The first-order valence-electron chi connectivity index (χ1n) is 7.77. The Bertz CT molecular complexity index is 623. The van der Waals surface area contributed by atoms with Gasteiger partial charge >= 0.3 is 0 Å². The summed E-state index contributed by atoms with van der Waals surface area (Å²) in [5.41, 5.74) is 3.98.